The smallest absolute Gasteiger partial charge is 0.342 e. The van der Waals surface area contributed by atoms with Gasteiger partial charge in [-0.25, -0.2) is 17.9 Å². The Hall–Kier alpha value is -1.85. The number of rotatable bonds is 7. The first kappa shape index (κ1) is 16.2. The first-order valence-corrected chi connectivity index (χ1v) is 7.60. The largest absolute Gasteiger partial charge is 0.462 e. The van der Waals surface area contributed by atoms with Crippen molar-refractivity contribution in [2.45, 2.75) is 37.8 Å². The van der Waals surface area contributed by atoms with Gasteiger partial charge in [-0.1, -0.05) is 6.92 Å². The summed E-state index contributed by atoms with van der Waals surface area (Å²) < 4.78 is 31.6. The number of H-pyrrole nitrogens is 1. The first-order valence-electron chi connectivity index (χ1n) is 6.12. The number of nitrogens with zero attached hydrogens (tertiary/aromatic N) is 1. The maximum atomic E-state index is 12.2. The number of hydrogen-bond donors (Lipinski definition) is 2. The highest BCUT2D eigenvalue weighted by Crippen LogP contribution is 2.14. The van der Waals surface area contributed by atoms with Crippen molar-refractivity contribution in [3.8, 4) is 12.3 Å². The quantitative estimate of drug-likeness (QED) is 0.569. The maximum Gasteiger partial charge on any atom is 0.342 e. The van der Waals surface area contributed by atoms with Gasteiger partial charge in [-0.15, -0.1) is 12.3 Å². The van der Waals surface area contributed by atoms with Crippen LogP contribution in [0.4, 0.5) is 0 Å². The average Bonchev–Trinajstić information content (AvgIpc) is 2.88. The number of carbonyl (C=O) groups is 1. The summed E-state index contributed by atoms with van der Waals surface area (Å²) >= 11 is 0. The summed E-state index contributed by atoms with van der Waals surface area (Å²) in [6, 6.07) is -0.400. The van der Waals surface area contributed by atoms with Gasteiger partial charge in [0.1, 0.15) is 5.56 Å². The lowest BCUT2D eigenvalue weighted by atomic mass is 10.2. The number of ether oxygens (including phenoxy) is 1. The minimum Gasteiger partial charge on any atom is -0.462 e. The Bertz CT molecular complexity index is 600. The molecule has 2 N–H and O–H groups in total. The van der Waals surface area contributed by atoms with Gasteiger partial charge in [0.05, 0.1) is 12.8 Å². The van der Waals surface area contributed by atoms with Crippen LogP contribution in [0.25, 0.3) is 0 Å². The van der Waals surface area contributed by atoms with Crippen molar-refractivity contribution in [2.75, 3.05) is 6.61 Å². The first-order chi connectivity index (χ1) is 9.46. The molecule has 0 amide bonds. The van der Waals surface area contributed by atoms with Crippen LogP contribution in [0.15, 0.2) is 11.2 Å². The lowest BCUT2D eigenvalue weighted by Crippen LogP contribution is -2.35. The van der Waals surface area contributed by atoms with Gasteiger partial charge in [0.2, 0.25) is 0 Å². The maximum absolute atomic E-state index is 12.2. The summed E-state index contributed by atoms with van der Waals surface area (Å²) in [6.45, 7) is 3.58. The number of aromatic amines is 1. The number of nitrogens with one attached hydrogen (secondary N) is 2. The number of terminal acetylenes is 1. The second-order valence-electron chi connectivity index (χ2n) is 3.97. The summed E-state index contributed by atoms with van der Waals surface area (Å²) in [4.78, 5) is 11.6. The molecule has 0 aliphatic heterocycles. The van der Waals surface area contributed by atoms with Gasteiger partial charge in [-0.05, 0) is 13.3 Å². The molecular weight excluding hydrogens is 282 g/mol. The van der Waals surface area contributed by atoms with Crippen molar-refractivity contribution < 1.29 is 17.9 Å². The molecule has 1 rings (SSSR count). The molecule has 8 heteroatoms. The molecule has 1 atom stereocenters. The molecule has 0 radical (unpaired) electrons. The van der Waals surface area contributed by atoms with Crippen LogP contribution in [0.1, 0.15) is 37.0 Å². The van der Waals surface area contributed by atoms with Gasteiger partial charge < -0.3 is 4.74 Å². The van der Waals surface area contributed by atoms with Crippen molar-refractivity contribution in [1.29, 1.82) is 0 Å². The molecule has 0 bridgehead atoms. The van der Waals surface area contributed by atoms with Gasteiger partial charge in [0.15, 0.2) is 5.03 Å². The minimum absolute atomic E-state index is 0.130. The third-order valence-corrected chi connectivity index (χ3v) is 4.04. The van der Waals surface area contributed by atoms with Gasteiger partial charge in [0, 0.05) is 12.5 Å². The lowest BCUT2D eigenvalue weighted by molar-refractivity contribution is 0.0522. The molecule has 20 heavy (non-hydrogen) atoms. The van der Waals surface area contributed by atoms with Crippen molar-refractivity contribution >= 4 is 16.0 Å². The fraction of sp³-hybridized carbons (Fsp3) is 0.500. The Labute approximate surface area is 118 Å². The molecule has 0 aliphatic rings. The monoisotopic (exact) mass is 299 g/mol. The van der Waals surface area contributed by atoms with Crippen LogP contribution in [-0.2, 0) is 14.8 Å². The van der Waals surface area contributed by atoms with Crippen LogP contribution < -0.4 is 4.72 Å². The molecular formula is C12H17N3O4S. The van der Waals surface area contributed by atoms with E-state index in [1.165, 1.54) is 0 Å². The Morgan fingerprint density at radius 3 is 2.85 bits per heavy atom. The number of aromatic nitrogens is 2. The number of carbonyl (C=O) groups excluding carboxylic acids is 1. The zero-order valence-corrected chi connectivity index (χ0v) is 12.2. The summed E-state index contributed by atoms with van der Waals surface area (Å²) in [6.07, 6.45) is 7.10. The van der Waals surface area contributed by atoms with Crippen LogP contribution in [0.5, 0.6) is 0 Å². The number of sulfonamides is 1. The topological polar surface area (TPSA) is 101 Å². The van der Waals surface area contributed by atoms with Crippen LogP contribution >= 0.6 is 0 Å². The normalized spacial score (nSPS) is 12.7. The van der Waals surface area contributed by atoms with E-state index in [0.29, 0.717) is 6.42 Å². The SMILES string of the molecule is C#CCC(CC)NS(=O)(=O)c1[nH]ncc1C(=O)OCC. The second kappa shape index (κ2) is 7.07. The fourth-order valence-corrected chi connectivity index (χ4v) is 2.93. The number of esters is 1. The van der Waals surface area contributed by atoms with E-state index in [1.807, 2.05) is 6.92 Å². The van der Waals surface area contributed by atoms with E-state index in [-0.39, 0.29) is 23.6 Å². The van der Waals surface area contributed by atoms with E-state index in [4.69, 9.17) is 11.2 Å². The molecule has 0 spiro atoms. The molecule has 1 unspecified atom stereocenters. The zero-order chi connectivity index (χ0) is 15.2. The summed E-state index contributed by atoms with van der Waals surface area (Å²) in [5.41, 5.74) is -0.130. The second-order valence-corrected chi connectivity index (χ2v) is 5.62. The molecule has 1 aromatic rings. The fourth-order valence-electron chi connectivity index (χ4n) is 1.52. The third kappa shape index (κ3) is 3.82. The molecule has 0 fully saturated rings. The standard InChI is InChI=1S/C12H17N3O4S/c1-4-7-9(5-2)15-20(17,18)11-10(8-13-14-11)12(16)19-6-3/h1,8-9,15H,5-7H2,2-3H3,(H,13,14). The Kier molecular flexibility index (Phi) is 5.73. The third-order valence-electron chi connectivity index (χ3n) is 2.55. The van der Waals surface area contributed by atoms with Crippen molar-refractivity contribution in [2.24, 2.45) is 0 Å². The Morgan fingerprint density at radius 2 is 2.30 bits per heavy atom. The van der Waals surface area contributed by atoms with Gasteiger partial charge >= 0.3 is 5.97 Å². The number of hydrogen-bond acceptors (Lipinski definition) is 5. The lowest BCUT2D eigenvalue weighted by Gasteiger charge is -2.14. The predicted molar refractivity (Wildman–Crippen MR) is 72.4 cm³/mol. The highest BCUT2D eigenvalue weighted by atomic mass is 32.2. The van der Waals surface area contributed by atoms with E-state index in [0.717, 1.165) is 6.20 Å². The van der Waals surface area contributed by atoms with Crippen LogP contribution in [-0.4, -0.2) is 37.2 Å². The van der Waals surface area contributed by atoms with Crippen LogP contribution in [0.3, 0.4) is 0 Å². The van der Waals surface area contributed by atoms with E-state index in [1.54, 1.807) is 6.92 Å². The molecule has 1 heterocycles. The zero-order valence-electron chi connectivity index (χ0n) is 11.3. The molecule has 0 aromatic carbocycles. The molecule has 0 aliphatic carbocycles. The van der Waals surface area contributed by atoms with Crippen molar-refractivity contribution in [3.63, 3.8) is 0 Å². The van der Waals surface area contributed by atoms with Crippen LogP contribution in [0.2, 0.25) is 0 Å². The van der Waals surface area contributed by atoms with E-state index >= 15 is 0 Å². The van der Waals surface area contributed by atoms with E-state index < -0.39 is 22.0 Å². The van der Waals surface area contributed by atoms with Crippen molar-refractivity contribution in [3.05, 3.63) is 11.8 Å². The summed E-state index contributed by atoms with van der Waals surface area (Å²) in [5, 5.41) is 5.58. The van der Waals surface area contributed by atoms with E-state index in [9.17, 15) is 13.2 Å². The van der Waals surface area contributed by atoms with Crippen LogP contribution in [0, 0.1) is 12.3 Å². The predicted octanol–water partition coefficient (Wildman–Crippen LogP) is 0.667. The molecule has 0 saturated carbocycles. The average molecular weight is 299 g/mol. The molecule has 110 valence electrons. The summed E-state index contributed by atoms with van der Waals surface area (Å²) in [5.74, 6) is 1.66. The summed E-state index contributed by atoms with van der Waals surface area (Å²) in [7, 11) is -3.91. The van der Waals surface area contributed by atoms with Crippen molar-refractivity contribution in [1.82, 2.24) is 14.9 Å². The molecule has 0 saturated heterocycles. The Morgan fingerprint density at radius 1 is 1.60 bits per heavy atom. The van der Waals surface area contributed by atoms with E-state index in [2.05, 4.69) is 20.8 Å². The Balaban J connectivity index is 3.02. The van der Waals surface area contributed by atoms with Gasteiger partial charge in [-0.3, -0.25) is 5.10 Å². The molecule has 1 aromatic heterocycles. The minimum atomic E-state index is -3.91. The highest BCUT2D eigenvalue weighted by molar-refractivity contribution is 7.89. The highest BCUT2D eigenvalue weighted by Gasteiger charge is 2.27. The van der Waals surface area contributed by atoms with Gasteiger partial charge in [0.25, 0.3) is 10.0 Å². The molecule has 7 nitrogen and oxygen atoms in total. The van der Waals surface area contributed by atoms with Gasteiger partial charge in [-0.2, -0.15) is 5.10 Å².